The number of carbonyl (C=O) groups is 1. The van der Waals surface area contributed by atoms with Crippen LogP contribution in [0, 0.1) is 0 Å². The number of nitrogens with one attached hydrogen (secondary N) is 2. The van der Waals surface area contributed by atoms with Crippen molar-refractivity contribution >= 4 is 17.4 Å². The average Bonchev–Trinajstić information content (AvgIpc) is 2.72. The first-order valence-corrected chi connectivity index (χ1v) is 9.61. The van der Waals surface area contributed by atoms with Crippen LogP contribution < -0.4 is 15.4 Å². The van der Waals surface area contributed by atoms with E-state index < -0.39 is 0 Å². The summed E-state index contributed by atoms with van der Waals surface area (Å²) in [5.41, 5.74) is 3.64. The highest BCUT2D eigenvalue weighted by atomic mass is 16.5. The maximum atomic E-state index is 12.6. The fourth-order valence-electron chi connectivity index (χ4n) is 3.15. The summed E-state index contributed by atoms with van der Waals surface area (Å²) >= 11 is 0. The Morgan fingerprint density at radius 2 is 1.76 bits per heavy atom. The SMILES string of the molecule is COc1ccccc1CNC(=O)c1ccnc(Nc2ccccc2C(C)(C)C)c1. The number of hydrogen-bond acceptors (Lipinski definition) is 4. The molecular weight excluding hydrogens is 362 g/mol. The molecule has 1 amide bonds. The summed E-state index contributed by atoms with van der Waals surface area (Å²) in [6.07, 6.45) is 1.64. The second kappa shape index (κ2) is 8.78. The molecule has 5 nitrogen and oxygen atoms in total. The van der Waals surface area contributed by atoms with Crippen molar-refractivity contribution in [1.29, 1.82) is 0 Å². The molecular formula is C24H27N3O2. The lowest BCUT2D eigenvalue weighted by Crippen LogP contribution is -2.23. The zero-order valence-electron chi connectivity index (χ0n) is 17.3. The van der Waals surface area contributed by atoms with Crippen LogP contribution in [0.15, 0.2) is 66.9 Å². The van der Waals surface area contributed by atoms with Crippen LogP contribution in [0.5, 0.6) is 5.75 Å². The number of hydrogen-bond donors (Lipinski definition) is 2. The number of amides is 1. The van der Waals surface area contributed by atoms with Gasteiger partial charge in [-0.1, -0.05) is 57.2 Å². The van der Waals surface area contributed by atoms with Crippen LogP contribution in [0.2, 0.25) is 0 Å². The molecule has 2 N–H and O–H groups in total. The monoisotopic (exact) mass is 389 g/mol. The van der Waals surface area contributed by atoms with Gasteiger partial charge in [-0.3, -0.25) is 4.79 Å². The number of anilines is 2. The van der Waals surface area contributed by atoms with Crippen LogP contribution in [-0.4, -0.2) is 18.0 Å². The highest BCUT2D eigenvalue weighted by molar-refractivity contribution is 5.95. The number of nitrogens with zero attached hydrogens (tertiary/aromatic N) is 1. The molecule has 0 unspecified atom stereocenters. The minimum Gasteiger partial charge on any atom is -0.496 e. The van der Waals surface area contributed by atoms with Gasteiger partial charge < -0.3 is 15.4 Å². The van der Waals surface area contributed by atoms with Gasteiger partial charge in [0.25, 0.3) is 5.91 Å². The Morgan fingerprint density at radius 1 is 1.03 bits per heavy atom. The minimum absolute atomic E-state index is 0.00663. The highest BCUT2D eigenvalue weighted by Gasteiger charge is 2.18. The van der Waals surface area contributed by atoms with Crippen LogP contribution in [0.25, 0.3) is 0 Å². The zero-order valence-corrected chi connectivity index (χ0v) is 17.3. The van der Waals surface area contributed by atoms with Crippen molar-refractivity contribution in [2.24, 2.45) is 0 Å². The Balaban J connectivity index is 1.74. The molecule has 0 bridgehead atoms. The molecule has 3 aromatic rings. The molecule has 0 atom stereocenters. The quantitative estimate of drug-likeness (QED) is 0.618. The predicted molar refractivity (Wildman–Crippen MR) is 117 cm³/mol. The molecule has 5 heteroatoms. The summed E-state index contributed by atoms with van der Waals surface area (Å²) in [5.74, 6) is 1.22. The van der Waals surface area contributed by atoms with E-state index in [9.17, 15) is 4.79 Å². The second-order valence-electron chi connectivity index (χ2n) is 7.84. The standard InChI is InChI=1S/C24H27N3O2/c1-24(2,3)19-10-6-7-11-20(19)27-22-15-17(13-14-25-22)23(28)26-16-18-9-5-8-12-21(18)29-4/h5-15H,16H2,1-4H3,(H,25,27)(H,26,28). The average molecular weight is 389 g/mol. The van der Waals surface area contributed by atoms with E-state index in [2.05, 4.69) is 42.5 Å². The maximum Gasteiger partial charge on any atom is 0.251 e. The van der Waals surface area contributed by atoms with E-state index in [1.807, 2.05) is 42.5 Å². The molecule has 0 radical (unpaired) electrons. The molecule has 1 heterocycles. The van der Waals surface area contributed by atoms with Gasteiger partial charge in [-0.25, -0.2) is 4.98 Å². The summed E-state index contributed by atoms with van der Waals surface area (Å²) in [6, 6.07) is 19.2. The first-order chi connectivity index (χ1) is 13.9. The molecule has 0 aliphatic carbocycles. The first-order valence-electron chi connectivity index (χ1n) is 9.61. The van der Waals surface area contributed by atoms with E-state index in [0.717, 1.165) is 17.0 Å². The van der Waals surface area contributed by atoms with E-state index in [-0.39, 0.29) is 11.3 Å². The summed E-state index contributed by atoms with van der Waals surface area (Å²) in [6.45, 7) is 6.90. The molecule has 0 fully saturated rings. The molecule has 0 saturated heterocycles. The second-order valence-corrected chi connectivity index (χ2v) is 7.84. The van der Waals surface area contributed by atoms with Crippen molar-refractivity contribution in [1.82, 2.24) is 10.3 Å². The summed E-state index contributed by atoms with van der Waals surface area (Å²) in [7, 11) is 1.62. The molecule has 150 valence electrons. The third kappa shape index (κ3) is 5.13. The molecule has 0 spiro atoms. The number of para-hydroxylation sites is 2. The van der Waals surface area contributed by atoms with Crippen LogP contribution in [0.3, 0.4) is 0 Å². The number of aromatic nitrogens is 1. The van der Waals surface area contributed by atoms with Gasteiger partial charge in [0.15, 0.2) is 0 Å². The third-order valence-corrected chi connectivity index (χ3v) is 4.65. The number of benzene rings is 2. The number of rotatable bonds is 6. The fourth-order valence-corrected chi connectivity index (χ4v) is 3.15. The van der Waals surface area contributed by atoms with Gasteiger partial charge in [0.1, 0.15) is 11.6 Å². The fraction of sp³-hybridized carbons (Fsp3) is 0.250. The third-order valence-electron chi connectivity index (χ3n) is 4.65. The van der Waals surface area contributed by atoms with Gasteiger partial charge in [-0.15, -0.1) is 0 Å². The van der Waals surface area contributed by atoms with Gasteiger partial charge >= 0.3 is 0 Å². The lowest BCUT2D eigenvalue weighted by Gasteiger charge is -2.23. The Kier molecular flexibility index (Phi) is 6.17. The highest BCUT2D eigenvalue weighted by Crippen LogP contribution is 2.31. The molecule has 0 aliphatic heterocycles. The van der Waals surface area contributed by atoms with Crippen molar-refractivity contribution in [3.8, 4) is 5.75 Å². The Bertz CT molecular complexity index is 993. The van der Waals surface area contributed by atoms with Crippen LogP contribution in [-0.2, 0) is 12.0 Å². The van der Waals surface area contributed by atoms with E-state index >= 15 is 0 Å². The number of pyridine rings is 1. The molecule has 29 heavy (non-hydrogen) atoms. The van der Waals surface area contributed by atoms with Crippen molar-refractivity contribution in [2.75, 3.05) is 12.4 Å². The van der Waals surface area contributed by atoms with E-state index in [1.54, 1.807) is 25.4 Å². The molecule has 2 aromatic carbocycles. The maximum absolute atomic E-state index is 12.6. The normalized spacial score (nSPS) is 11.0. The summed E-state index contributed by atoms with van der Waals surface area (Å²) < 4.78 is 5.34. The Morgan fingerprint density at radius 3 is 2.52 bits per heavy atom. The van der Waals surface area contributed by atoms with Gasteiger partial charge in [0, 0.05) is 29.6 Å². The van der Waals surface area contributed by atoms with Gasteiger partial charge in [-0.2, -0.15) is 0 Å². The first kappa shape index (κ1) is 20.4. The number of carbonyl (C=O) groups excluding carboxylic acids is 1. The van der Waals surface area contributed by atoms with Crippen LogP contribution in [0.4, 0.5) is 11.5 Å². The predicted octanol–water partition coefficient (Wildman–Crippen LogP) is 5.06. The summed E-state index contributed by atoms with van der Waals surface area (Å²) in [4.78, 5) is 17.0. The molecule has 1 aromatic heterocycles. The smallest absolute Gasteiger partial charge is 0.251 e. The van der Waals surface area contributed by atoms with Gasteiger partial charge in [-0.05, 0) is 35.2 Å². The molecule has 0 saturated carbocycles. The van der Waals surface area contributed by atoms with Gasteiger partial charge in [0.05, 0.1) is 7.11 Å². The van der Waals surface area contributed by atoms with Crippen molar-refractivity contribution in [2.45, 2.75) is 32.7 Å². The molecule has 3 rings (SSSR count). The molecule has 0 aliphatic rings. The van der Waals surface area contributed by atoms with Crippen LogP contribution >= 0.6 is 0 Å². The van der Waals surface area contributed by atoms with Gasteiger partial charge in [0.2, 0.25) is 0 Å². The number of methoxy groups -OCH3 is 1. The lowest BCUT2D eigenvalue weighted by molar-refractivity contribution is 0.0950. The number of ether oxygens (including phenoxy) is 1. The van der Waals surface area contributed by atoms with E-state index in [0.29, 0.717) is 17.9 Å². The largest absolute Gasteiger partial charge is 0.496 e. The van der Waals surface area contributed by atoms with E-state index in [4.69, 9.17) is 4.74 Å². The Labute approximate surface area is 172 Å². The van der Waals surface area contributed by atoms with E-state index in [1.165, 1.54) is 5.56 Å². The zero-order chi connectivity index (χ0) is 20.9. The van der Waals surface area contributed by atoms with Crippen molar-refractivity contribution in [3.63, 3.8) is 0 Å². The van der Waals surface area contributed by atoms with Crippen LogP contribution in [0.1, 0.15) is 42.3 Å². The summed E-state index contributed by atoms with van der Waals surface area (Å²) in [5, 5.41) is 6.30. The van der Waals surface area contributed by atoms with Crippen molar-refractivity contribution in [3.05, 3.63) is 83.6 Å². The lowest BCUT2D eigenvalue weighted by atomic mass is 9.86. The van der Waals surface area contributed by atoms with Crippen molar-refractivity contribution < 1.29 is 9.53 Å². The minimum atomic E-state index is -0.162. The topological polar surface area (TPSA) is 63.2 Å². The Hall–Kier alpha value is -3.34.